The third-order valence-corrected chi connectivity index (χ3v) is 3.38. The van der Waals surface area contributed by atoms with Gasteiger partial charge in [-0.2, -0.15) is 26.3 Å². The van der Waals surface area contributed by atoms with Crippen molar-refractivity contribution >= 4 is 11.6 Å². The van der Waals surface area contributed by atoms with E-state index in [0.29, 0.717) is 18.6 Å². The normalized spacial score (nSPS) is 19.6. The van der Waals surface area contributed by atoms with E-state index >= 15 is 0 Å². The minimum Gasteiger partial charge on any atom is -0.306 e. The van der Waals surface area contributed by atoms with Gasteiger partial charge in [0.25, 0.3) is 0 Å². The second-order valence-electron chi connectivity index (χ2n) is 4.87. The van der Waals surface area contributed by atoms with E-state index in [2.05, 4.69) is 6.58 Å². The fraction of sp³-hybridized carbons (Fsp3) is 0.357. The van der Waals surface area contributed by atoms with Crippen LogP contribution in [0.3, 0.4) is 0 Å². The highest BCUT2D eigenvalue weighted by molar-refractivity contribution is 5.96. The fourth-order valence-electron chi connectivity index (χ4n) is 2.34. The third-order valence-electron chi connectivity index (χ3n) is 3.38. The molecule has 1 aliphatic heterocycles. The van der Waals surface area contributed by atoms with Gasteiger partial charge in [-0.15, -0.1) is 6.58 Å². The van der Waals surface area contributed by atoms with Crippen LogP contribution in [0.2, 0.25) is 0 Å². The molecule has 1 heterocycles. The molecule has 120 valence electrons. The number of nitrogens with zero attached hydrogens (tertiary/aromatic N) is 1. The predicted octanol–water partition coefficient (Wildman–Crippen LogP) is 4.41. The molecule has 0 aliphatic carbocycles. The Labute approximate surface area is 122 Å². The molecular weight excluding hydrogens is 312 g/mol. The number of alkyl halides is 6. The number of hydrogen-bond donors (Lipinski definition) is 0. The maximum Gasteiger partial charge on any atom is 0.416 e. The van der Waals surface area contributed by atoms with E-state index in [0.717, 1.165) is 4.90 Å². The van der Waals surface area contributed by atoms with Gasteiger partial charge in [0.2, 0.25) is 5.91 Å². The van der Waals surface area contributed by atoms with Gasteiger partial charge >= 0.3 is 12.4 Å². The molecule has 1 atom stereocenters. The summed E-state index contributed by atoms with van der Waals surface area (Å²) in [5.41, 5.74) is -3.31. The molecule has 1 saturated heterocycles. The predicted molar refractivity (Wildman–Crippen MR) is 67.2 cm³/mol. The highest BCUT2D eigenvalue weighted by Gasteiger charge is 2.39. The second kappa shape index (κ2) is 5.33. The number of carbonyl (C=O) groups excluding carboxylic acids is 1. The van der Waals surface area contributed by atoms with Crippen molar-refractivity contribution in [2.75, 3.05) is 4.90 Å². The molecule has 1 aliphatic rings. The summed E-state index contributed by atoms with van der Waals surface area (Å²) in [6.07, 6.45) is -8.20. The molecule has 1 fully saturated rings. The second-order valence-corrected chi connectivity index (χ2v) is 4.87. The molecule has 0 bridgehead atoms. The average molecular weight is 323 g/mol. The molecule has 0 saturated carbocycles. The van der Waals surface area contributed by atoms with Crippen LogP contribution < -0.4 is 4.90 Å². The van der Waals surface area contributed by atoms with Crippen LogP contribution in [0.5, 0.6) is 0 Å². The summed E-state index contributed by atoms with van der Waals surface area (Å²) in [6, 6.07) is 0.522. The molecule has 0 aromatic heterocycles. The van der Waals surface area contributed by atoms with Crippen molar-refractivity contribution < 1.29 is 31.1 Å². The molecule has 0 spiro atoms. The van der Waals surface area contributed by atoms with Crippen molar-refractivity contribution in [3.8, 4) is 0 Å². The summed E-state index contributed by atoms with van der Waals surface area (Å²) < 4.78 is 76.8. The van der Waals surface area contributed by atoms with Gasteiger partial charge in [0.05, 0.1) is 17.2 Å². The molecule has 0 radical (unpaired) electrons. The van der Waals surface area contributed by atoms with Gasteiger partial charge in [0.15, 0.2) is 0 Å². The van der Waals surface area contributed by atoms with Crippen molar-refractivity contribution in [3.05, 3.63) is 42.0 Å². The van der Waals surface area contributed by atoms with E-state index in [-0.39, 0.29) is 12.5 Å². The molecule has 1 amide bonds. The lowest BCUT2D eigenvalue weighted by Gasteiger charge is -2.24. The number of amides is 1. The van der Waals surface area contributed by atoms with E-state index in [9.17, 15) is 31.1 Å². The van der Waals surface area contributed by atoms with Crippen LogP contribution in [0.25, 0.3) is 0 Å². The van der Waals surface area contributed by atoms with E-state index in [1.165, 1.54) is 6.08 Å². The highest BCUT2D eigenvalue weighted by atomic mass is 19.4. The highest BCUT2D eigenvalue weighted by Crippen LogP contribution is 2.40. The van der Waals surface area contributed by atoms with Crippen LogP contribution in [0, 0.1) is 0 Å². The Morgan fingerprint density at radius 2 is 1.55 bits per heavy atom. The Kier molecular flexibility index (Phi) is 3.97. The van der Waals surface area contributed by atoms with E-state index in [1.807, 2.05) is 0 Å². The van der Waals surface area contributed by atoms with E-state index in [1.54, 1.807) is 0 Å². The van der Waals surface area contributed by atoms with Gasteiger partial charge in [-0.3, -0.25) is 4.79 Å². The summed E-state index contributed by atoms with van der Waals surface area (Å²) in [4.78, 5) is 12.7. The van der Waals surface area contributed by atoms with Crippen LogP contribution in [0.15, 0.2) is 30.9 Å². The minimum atomic E-state index is -4.94. The van der Waals surface area contributed by atoms with Gasteiger partial charge < -0.3 is 4.90 Å². The lowest BCUT2D eigenvalue weighted by Crippen LogP contribution is -2.32. The standard InChI is InChI=1S/C14H11F6NO/c1-2-10-3-4-12(22)21(10)11-6-8(13(15,16)17)5-9(7-11)14(18,19)20/h2,5-7,10H,1,3-4H2. The summed E-state index contributed by atoms with van der Waals surface area (Å²) >= 11 is 0. The molecule has 8 heteroatoms. The molecular formula is C14H11F6NO. The maximum atomic E-state index is 12.8. The number of carbonyl (C=O) groups is 1. The third kappa shape index (κ3) is 3.10. The molecule has 0 N–H and O–H groups in total. The van der Waals surface area contributed by atoms with Crippen LogP contribution in [-0.2, 0) is 17.1 Å². The van der Waals surface area contributed by atoms with Crippen LogP contribution in [-0.4, -0.2) is 11.9 Å². The van der Waals surface area contributed by atoms with Gasteiger partial charge in [-0.1, -0.05) is 6.08 Å². The zero-order valence-electron chi connectivity index (χ0n) is 11.1. The SMILES string of the molecule is C=CC1CCC(=O)N1c1cc(C(F)(F)F)cc(C(F)(F)F)c1. The Morgan fingerprint density at radius 3 is 1.95 bits per heavy atom. The Bertz CT molecular complexity index is 572. The minimum absolute atomic E-state index is 0.0347. The van der Waals surface area contributed by atoms with Crippen LogP contribution >= 0.6 is 0 Å². The number of anilines is 1. The van der Waals surface area contributed by atoms with E-state index in [4.69, 9.17) is 0 Å². The topological polar surface area (TPSA) is 20.3 Å². The molecule has 2 rings (SSSR count). The van der Waals surface area contributed by atoms with Gasteiger partial charge in [0, 0.05) is 12.1 Å². The number of halogens is 6. The zero-order chi connectivity index (χ0) is 16.7. The fourth-order valence-corrected chi connectivity index (χ4v) is 2.34. The van der Waals surface area contributed by atoms with Gasteiger partial charge in [-0.05, 0) is 24.6 Å². The largest absolute Gasteiger partial charge is 0.416 e. The molecule has 22 heavy (non-hydrogen) atoms. The summed E-state index contributed by atoms with van der Waals surface area (Å²) in [6.45, 7) is 3.46. The first-order valence-corrected chi connectivity index (χ1v) is 6.28. The summed E-state index contributed by atoms with van der Waals surface area (Å²) in [7, 11) is 0. The summed E-state index contributed by atoms with van der Waals surface area (Å²) in [5, 5.41) is 0. The first-order chi connectivity index (χ1) is 10.0. The molecule has 2 nitrogen and oxygen atoms in total. The van der Waals surface area contributed by atoms with Crippen molar-refractivity contribution in [1.82, 2.24) is 0 Å². The number of benzene rings is 1. The zero-order valence-corrected chi connectivity index (χ0v) is 11.1. The summed E-state index contributed by atoms with van der Waals surface area (Å²) in [5.74, 6) is -0.530. The number of rotatable bonds is 2. The number of hydrogen-bond acceptors (Lipinski definition) is 1. The van der Waals surface area contributed by atoms with Crippen molar-refractivity contribution in [2.45, 2.75) is 31.2 Å². The Balaban J connectivity index is 2.60. The maximum absolute atomic E-state index is 12.8. The Hall–Kier alpha value is -1.99. The van der Waals surface area contributed by atoms with Crippen molar-refractivity contribution in [2.24, 2.45) is 0 Å². The first kappa shape index (κ1) is 16.4. The quantitative estimate of drug-likeness (QED) is 0.583. The van der Waals surface area contributed by atoms with E-state index < -0.39 is 41.1 Å². The molecule has 1 aromatic carbocycles. The Morgan fingerprint density at radius 1 is 1.05 bits per heavy atom. The molecule has 1 aromatic rings. The lowest BCUT2D eigenvalue weighted by molar-refractivity contribution is -0.143. The van der Waals surface area contributed by atoms with Crippen molar-refractivity contribution in [1.29, 1.82) is 0 Å². The molecule has 1 unspecified atom stereocenters. The van der Waals surface area contributed by atoms with Crippen LogP contribution in [0.1, 0.15) is 24.0 Å². The monoisotopic (exact) mass is 323 g/mol. The average Bonchev–Trinajstić information content (AvgIpc) is 2.77. The smallest absolute Gasteiger partial charge is 0.306 e. The van der Waals surface area contributed by atoms with Crippen LogP contribution in [0.4, 0.5) is 32.0 Å². The van der Waals surface area contributed by atoms with Gasteiger partial charge in [-0.25, -0.2) is 0 Å². The lowest BCUT2D eigenvalue weighted by atomic mass is 10.1. The first-order valence-electron chi connectivity index (χ1n) is 6.28. The van der Waals surface area contributed by atoms with Crippen molar-refractivity contribution in [3.63, 3.8) is 0 Å². The van der Waals surface area contributed by atoms with Gasteiger partial charge in [0.1, 0.15) is 0 Å².